The number of amides is 2. The Morgan fingerprint density at radius 1 is 0.727 bits per heavy atom. The van der Waals surface area contributed by atoms with Crippen LogP contribution in [0.3, 0.4) is 0 Å². The lowest BCUT2D eigenvalue weighted by Crippen LogP contribution is -2.34. The van der Waals surface area contributed by atoms with Gasteiger partial charge < -0.3 is 32.3 Å². The first-order chi connectivity index (χ1) is 10.2. The van der Waals surface area contributed by atoms with Crippen LogP contribution in [0.5, 0.6) is 0 Å². The van der Waals surface area contributed by atoms with Gasteiger partial charge in [0.05, 0.1) is 13.1 Å². The predicted molar refractivity (Wildman–Crippen MR) is 73.6 cm³/mol. The Kier molecular flexibility index (Phi) is 13.3. The molecular formula is C11H20N4O7. The van der Waals surface area contributed by atoms with Crippen molar-refractivity contribution in [3.8, 4) is 0 Å². The van der Waals surface area contributed by atoms with Gasteiger partial charge in [-0.1, -0.05) is 0 Å². The Bertz CT molecular complexity index is 411. The van der Waals surface area contributed by atoms with E-state index in [0.717, 1.165) is 0 Å². The summed E-state index contributed by atoms with van der Waals surface area (Å²) >= 11 is 0. The molecule has 0 saturated carbocycles. The number of carbonyl (C=O) groups is 5. The third-order valence-electron chi connectivity index (χ3n) is 1.92. The number of nitrogens with one attached hydrogen (secondary N) is 2. The van der Waals surface area contributed by atoms with Crippen LogP contribution in [-0.2, 0) is 24.0 Å². The van der Waals surface area contributed by atoms with Gasteiger partial charge in [-0.15, -0.1) is 0 Å². The summed E-state index contributed by atoms with van der Waals surface area (Å²) in [6.45, 7) is -1.05. The summed E-state index contributed by atoms with van der Waals surface area (Å²) in [6, 6.07) is 0. The summed E-state index contributed by atoms with van der Waals surface area (Å²) in [4.78, 5) is 51.4. The van der Waals surface area contributed by atoms with E-state index in [1.165, 1.54) is 0 Å². The van der Waals surface area contributed by atoms with Gasteiger partial charge >= 0.3 is 11.9 Å². The molecule has 8 N–H and O–H groups in total. The largest absolute Gasteiger partial charge is 0.480 e. The zero-order valence-electron chi connectivity index (χ0n) is 11.8. The first kappa shape index (κ1) is 21.8. The standard InChI is InChI=1S/C7H12N2O4.C4H8N2O3/c8-3-5(10)1-2-6(11)9-4-7(12)13;5-1-3(7)6-2-4(8)9/h1-4,8H2,(H,9,11)(H,12,13);1-2,5H2,(H,6,7)(H,8,9). The van der Waals surface area contributed by atoms with E-state index >= 15 is 0 Å². The van der Waals surface area contributed by atoms with Crippen molar-refractivity contribution < 1.29 is 34.2 Å². The molecule has 2 amide bonds. The van der Waals surface area contributed by atoms with Crippen LogP contribution >= 0.6 is 0 Å². The minimum absolute atomic E-state index is 0.0106. The molecule has 11 nitrogen and oxygen atoms in total. The fourth-order valence-electron chi connectivity index (χ4n) is 0.864. The van der Waals surface area contributed by atoms with Gasteiger partial charge in [-0.25, -0.2) is 0 Å². The van der Waals surface area contributed by atoms with E-state index in [-0.39, 0.29) is 38.3 Å². The number of rotatable bonds is 9. The molecule has 0 aliphatic heterocycles. The zero-order valence-corrected chi connectivity index (χ0v) is 11.8. The molecule has 0 aliphatic carbocycles. The van der Waals surface area contributed by atoms with E-state index in [1.54, 1.807) is 0 Å². The minimum atomic E-state index is -1.11. The van der Waals surface area contributed by atoms with Gasteiger partial charge in [0, 0.05) is 12.8 Å². The summed E-state index contributed by atoms with van der Waals surface area (Å²) in [6.07, 6.45) is 0.0469. The first-order valence-corrected chi connectivity index (χ1v) is 6.11. The Labute approximate surface area is 126 Å². The third-order valence-corrected chi connectivity index (χ3v) is 1.92. The highest BCUT2D eigenvalue weighted by Gasteiger charge is 2.06. The smallest absolute Gasteiger partial charge is 0.322 e. The van der Waals surface area contributed by atoms with Gasteiger partial charge in [-0.3, -0.25) is 24.0 Å². The average molecular weight is 320 g/mol. The number of aliphatic carboxylic acids is 2. The maximum absolute atomic E-state index is 10.8. The van der Waals surface area contributed by atoms with Crippen LogP contribution < -0.4 is 22.1 Å². The number of carbonyl (C=O) groups excluding carboxylic acids is 3. The van der Waals surface area contributed by atoms with Crippen LogP contribution in [0.2, 0.25) is 0 Å². The quantitative estimate of drug-likeness (QED) is 0.251. The summed E-state index contributed by atoms with van der Waals surface area (Å²) < 4.78 is 0. The molecule has 22 heavy (non-hydrogen) atoms. The summed E-state index contributed by atoms with van der Waals surface area (Å²) in [7, 11) is 0. The van der Waals surface area contributed by atoms with Crippen molar-refractivity contribution in [2.45, 2.75) is 12.8 Å². The van der Waals surface area contributed by atoms with E-state index < -0.39 is 30.3 Å². The number of carboxylic acids is 2. The number of ketones is 1. The lowest BCUT2D eigenvalue weighted by molar-refractivity contribution is -0.138. The maximum Gasteiger partial charge on any atom is 0.322 e. The highest BCUT2D eigenvalue weighted by Crippen LogP contribution is 1.89. The molecule has 0 aromatic rings. The van der Waals surface area contributed by atoms with Gasteiger partial charge in [-0.2, -0.15) is 0 Å². The Morgan fingerprint density at radius 2 is 1.18 bits per heavy atom. The monoisotopic (exact) mass is 320 g/mol. The van der Waals surface area contributed by atoms with Crippen molar-refractivity contribution in [3.63, 3.8) is 0 Å². The second-order valence-electron chi connectivity index (χ2n) is 3.79. The van der Waals surface area contributed by atoms with Gasteiger partial charge in [0.2, 0.25) is 11.8 Å². The van der Waals surface area contributed by atoms with Crippen molar-refractivity contribution in [2.24, 2.45) is 11.5 Å². The van der Waals surface area contributed by atoms with Crippen LogP contribution in [0.1, 0.15) is 12.8 Å². The summed E-state index contributed by atoms with van der Waals surface area (Å²) in [5.74, 6) is -3.32. The third kappa shape index (κ3) is 17.5. The van der Waals surface area contributed by atoms with Crippen molar-refractivity contribution in [1.29, 1.82) is 0 Å². The van der Waals surface area contributed by atoms with E-state index in [0.29, 0.717) is 0 Å². The molecule has 0 rings (SSSR count). The zero-order chi connectivity index (χ0) is 17.5. The van der Waals surface area contributed by atoms with Crippen molar-refractivity contribution in [1.82, 2.24) is 10.6 Å². The minimum Gasteiger partial charge on any atom is -0.480 e. The molecule has 0 heterocycles. The number of carboxylic acid groups (broad SMARTS) is 2. The molecule has 0 fully saturated rings. The van der Waals surface area contributed by atoms with Gasteiger partial charge in [-0.05, 0) is 0 Å². The fraction of sp³-hybridized carbons (Fsp3) is 0.545. The molecular weight excluding hydrogens is 300 g/mol. The van der Waals surface area contributed by atoms with E-state index in [4.69, 9.17) is 21.7 Å². The Morgan fingerprint density at radius 3 is 1.55 bits per heavy atom. The lowest BCUT2D eigenvalue weighted by Gasteiger charge is -2.00. The van der Waals surface area contributed by atoms with Crippen molar-refractivity contribution in [3.05, 3.63) is 0 Å². The SMILES string of the molecule is NCC(=O)CCC(=O)NCC(=O)O.NCC(=O)NCC(=O)O. The second kappa shape index (κ2) is 13.5. The highest BCUT2D eigenvalue weighted by molar-refractivity contribution is 5.87. The molecule has 0 aromatic heterocycles. The van der Waals surface area contributed by atoms with Crippen LogP contribution in [-0.4, -0.2) is 65.9 Å². The number of nitrogens with two attached hydrogens (primary N) is 2. The fourth-order valence-corrected chi connectivity index (χ4v) is 0.864. The normalized spacial score (nSPS) is 9.00. The van der Waals surface area contributed by atoms with Crippen molar-refractivity contribution >= 4 is 29.5 Å². The van der Waals surface area contributed by atoms with Crippen LogP contribution in [0.4, 0.5) is 0 Å². The van der Waals surface area contributed by atoms with Crippen LogP contribution in [0.15, 0.2) is 0 Å². The molecule has 0 aromatic carbocycles. The van der Waals surface area contributed by atoms with Crippen LogP contribution in [0.25, 0.3) is 0 Å². The van der Waals surface area contributed by atoms with Gasteiger partial charge in [0.1, 0.15) is 18.9 Å². The van der Waals surface area contributed by atoms with E-state index in [9.17, 15) is 24.0 Å². The summed E-state index contributed by atoms with van der Waals surface area (Å²) in [5.41, 5.74) is 9.86. The average Bonchev–Trinajstić information content (AvgIpc) is 2.48. The number of Topliss-reactive ketones (excluding diaryl/α,β-unsaturated/α-hetero) is 1. The first-order valence-electron chi connectivity index (χ1n) is 6.11. The Hall–Kier alpha value is -2.53. The predicted octanol–water partition coefficient (Wildman–Crippen LogP) is -3.36. The molecule has 11 heteroatoms. The molecule has 0 spiro atoms. The lowest BCUT2D eigenvalue weighted by atomic mass is 10.2. The number of hydrogen-bond acceptors (Lipinski definition) is 7. The van der Waals surface area contributed by atoms with Crippen molar-refractivity contribution in [2.75, 3.05) is 26.2 Å². The molecule has 0 radical (unpaired) electrons. The molecule has 0 bridgehead atoms. The maximum atomic E-state index is 10.8. The molecule has 126 valence electrons. The summed E-state index contributed by atoms with van der Waals surface area (Å²) in [5, 5.41) is 20.4. The van der Waals surface area contributed by atoms with E-state index in [2.05, 4.69) is 10.6 Å². The molecule has 0 atom stereocenters. The Balaban J connectivity index is 0. The van der Waals surface area contributed by atoms with Crippen LogP contribution in [0, 0.1) is 0 Å². The highest BCUT2D eigenvalue weighted by atomic mass is 16.4. The molecule has 0 saturated heterocycles. The topological polar surface area (TPSA) is 202 Å². The van der Waals surface area contributed by atoms with Gasteiger partial charge in [0.15, 0.2) is 0 Å². The molecule has 0 unspecified atom stereocenters. The van der Waals surface area contributed by atoms with Gasteiger partial charge in [0.25, 0.3) is 0 Å². The number of hydrogen-bond donors (Lipinski definition) is 6. The second-order valence-corrected chi connectivity index (χ2v) is 3.79. The van der Waals surface area contributed by atoms with E-state index in [1.807, 2.05) is 0 Å². The molecule has 0 aliphatic rings.